The van der Waals surface area contributed by atoms with Gasteiger partial charge in [-0.3, -0.25) is 5.32 Å². The van der Waals surface area contributed by atoms with E-state index < -0.39 is 5.72 Å². The monoisotopic (exact) mass is 305 g/mol. The Bertz CT molecular complexity index is 672. The van der Waals surface area contributed by atoms with Crippen molar-refractivity contribution in [3.8, 4) is 17.2 Å². The Balaban J connectivity index is 1.99. The number of phenolic OH excluding ortho intramolecular Hbond substituents is 2. The van der Waals surface area contributed by atoms with Gasteiger partial charge in [-0.2, -0.15) is 0 Å². The summed E-state index contributed by atoms with van der Waals surface area (Å²) in [7, 11) is 0. The molecular weight excluding hydrogens is 290 g/mol. The van der Waals surface area contributed by atoms with Crippen molar-refractivity contribution in [3.63, 3.8) is 0 Å². The van der Waals surface area contributed by atoms with Crippen molar-refractivity contribution in [1.82, 2.24) is 5.32 Å². The Hall–Kier alpha value is -1.91. The first-order valence-corrected chi connectivity index (χ1v) is 7.11. The molecule has 4 nitrogen and oxygen atoms in total. The smallest absolute Gasteiger partial charge is 0.184 e. The van der Waals surface area contributed by atoms with Crippen molar-refractivity contribution in [3.05, 3.63) is 52.5 Å². The fourth-order valence-electron chi connectivity index (χ4n) is 2.63. The maximum Gasteiger partial charge on any atom is 0.184 e. The minimum atomic E-state index is -0.771. The van der Waals surface area contributed by atoms with Crippen LogP contribution in [0, 0.1) is 0 Å². The molecule has 0 aromatic heterocycles. The molecule has 1 heterocycles. The van der Waals surface area contributed by atoms with Gasteiger partial charge in [-0.15, -0.1) is 0 Å². The van der Waals surface area contributed by atoms with E-state index in [4.69, 9.17) is 16.3 Å². The number of hydrogen-bond donors (Lipinski definition) is 3. The molecule has 1 aliphatic rings. The molecule has 2 aromatic rings. The van der Waals surface area contributed by atoms with Gasteiger partial charge in [-0.1, -0.05) is 11.6 Å². The molecule has 1 aliphatic heterocycles. The lowest BCUT2D eigenvalue weighted by Gasteiger charge is -2.37. The normalized spacial score (nSPS) is 20.9. The highest BCUT2D eigenvalue weighted by Gasteiger charge is 2.34. The summed E-state index contributed by atoms with van der Waals surface area (Å²) >= 11 is 5.88. The van der Waals surface area contributed by atoms with Crippen LogP contribution >= 0.6 is 11.6 Å². The molecule has 0 saturated carbocycles. The molecule has 21 heavy (non-hydrogen) atoms. The van der Waals surface area contributed by atoms with Gasteiger partial charge in [0.25, 0.3) is 0 Å². The van der Waals surface area contributed by atoms with Crippen LogP contribution in [0.2, 0.25) is 5.02 Å². The average molecular weight is 306 g/mol. The summed E-state index contributed by atoms with van der Waals surface area (Å²) < 4.78 is 6.06. The molecule has 0 amide bonds. The minimum Gasteiger partial charge on any atom is -0.504 e. The molecule has 0 aliphatic carbocycles. The molecule has 3 N–H and O–H groups in total. The van der Waals surface area contributed by atoms with Crippen molar-refractivity contribution in [1.29, 1.82) is 0 Å². The number of phenols is 2. The van der Waals surface area contributed by atoms with Crippen LogP contribution in [0.5, 0.6) is 17.2 Å². The number of ether oxygens (including phenoxy) is 1. The summed E-state index contributed by atoms with van der Waals surface area (Å²) in [5.41, 5.74) is 1.01. The largest absolute Gasteiger partial charge is 0.504 e. The summed E-state index contributed by atoms with van der Waals surface area (Å²) in [4.78, 5) is 0. The predicted octanol–water partition coefficient (Wildman–Crippen LogP) is 3.15. The molecule has 3 rings (SSSR count). The Morgan fingerprint density at radius 2 is 1.81 bits per heavy atom. The van der Waals surface area contributed by atoms with E-state index >= 15 is 0 Å². The van der Waals surface area contributed by atoms with E-state index in [0.29, 0.717) is 10.8 Å². The second kappa shape index (κ2) is 5.13. The Kier molecular flexibility index (Phi) is 3.43. The standard InChI is InChI=1S/C16H16ClNO3/c1-16(21-12-4-2-11(17)3-5-12)13-9-15(20)14(19)8-10(13)6-7-18-16/h2-5,8-9,18-20H,6-7H2,1H3. The summed E-state index contributed by atoms with van der Waals surface area (Å²) in [6.07, 6.45) is 0.767. The van der Waals surface area contributed by atoms with Gasteiger partial charge in [-0.05, 0) is 55.3 Å². The number of rotatable bonds is 2. The van der Waals surface area contributed by atoms with Crippen LogP contribution < -0.4 is 10.1 Å². The first-order valence-electron chi connectivity index (χ1n) is 6.73. The number of aromatic hydroxyl groups is 2. The number of fused-ring (bicyclic) bond motifs is 1. The Labute approximate surface area is 127 Å². The fraction of sp³-hybridized carbons (Fsp3) is 0.250. The molecule has 110 valence electrons. The van der Waals surface area contributed by atoms with Gasteiger partial charge in [0.05, 0.1) is 0 Å². The molecule has 1 atom stereocenters. The van der Waals surface area contributed by atoms with E-state index in [1.807, 2.05) is 6.92 Å². The predicted molar refractivity (Wildman–Crippen MR) is 80.9 cm³/mol. The van der Waals surface area contributed by atoms with Crippen molar-refractivity contribution in [2.45, 2.75) is 19.1 Å². The minimum absolute atomic E-state index is 0.107. The van der Waals surface area contributed by atoms with E-state index in [2.05, 4.69) is 5.32 Å². The molecule has 0 radical (unpaired) electrons. The van der Waals surface area contributed by atoms with Gasteiger partial charge in [-0.25, -0.2) is 0 Å². The zero-order valence-corrected chi connectivity index (χ0v) is 12.3. The zero-order valence-electron chi connectivity index (χ0n) is 11.6. The second-order valence-electron chi connectivity index (χ2n) is 5.26. The summed E-state index contributed by atoms with van der Waals surface area (Å²) in [6.45, 7) is 2.62. The highest BCUT2D eigenvalue weighted by molar-refractivity contribution is 6.30. The molecule has 0 saturated heterocycles. The van der Waals surface area contributed by atoms with Crippen LogP contribution in [0.25, 0.3) is 0 Å². The third kappa shape index (κ3) is 2.64. The van der Waals surface area contributed by atoms with Crippen molar-refractivity contribution >= 4 is 11.6 Å². The maximum atomic E-state index is 9.76. The highest BCUT2D eigenvalue weighted by Crippen LogP contribution is 2.37. The number of halogens is 1. The maximum absolute atomic E-state index is 9.76. The number of benzene rings is 2. The lowest BCUT2D eigenvalue weighted by Crippen LogP contribution is -2.49. The van der Waals surface area contributed by atoms with Gasteiger partial charge < -0.3 is 14.9 Å². The molecule has 0 spiro atoms. The first kappa shape index (κ1) is 14.0. The van der Waals surface area contributed by atoms with E-state index in [0.717, 1.165) is 24.1 Å². The van der Waals surface area contributed by atoms with Crippen LogP contribution in [-0.4, -0.2) is 16.8 Å². The van der Waals surface area contributed by atoms with E-state index in [1.165, 1.54) is 0 Å². The van der Waals surface area contributed by atoms with Gasteiger partial charge in [0, 0.05) is 17.1 Å². The van der Waals surface area contributed by atoms with Crippen molar-refractivity contribution in [2.75, 3.05) is 6.54 Å². The van der Waals surface area contributed by atoms with Crippen LogP contribution in [0.3, 0.4) is 0 Å². The number of nitrogens with one attached hydrogen (secondary N) is 1. The molecule has 5 heteroatoms. The lowest BCUT2D eigenvalue weighted by molar-refractivity contribution is 0.0417. The highest BCUT2D eigenvalue weighted by atomic mass is 35.5. The third-order valence-corrected chi connectivity index (χ3v) is 3.96. The number of hydrogen-bond acceptors (Lipinski definition) is 4. The molecule has 1 unspecified atom stereocenters. The van der Waals surface area contributed by atoms with E-state index in [-0.39, 0.29) is 11.5 Å². The van der Waals surface area contributed by atoms with E-state index in [1.54, 1.807) is 36.4 Å². The SMILES string of the molecule is CC1(Oc2ccc(Cl)cc2)NCCc2cc(O)c(O)cc21. The molecule has 0 fully saturated rings. The zero-order chi connectivity index (χ0) is 15.0. The van der Waals surface area contributed by atoms with Gasteiger partial charge in [0.1, 0.15) is 5.75 Å². The van der Waals surface area contributed by atoms with E-state index in [9.17, 15) is 10.2 Å². The van der Waals surface area contributed by atoms with Crippen LogP contribution in [0.15, 0.2) is 36.4 Å². The van der Waals surface area contributed by atoms with Crippen molar-refractivity contribution in [2.24, 2.45) is 0 Å². The van der Waals surface area contributed by atoms with Crippen LogP contribution in [0.1, 0.15) is 18.1 Å². The Morgan fingerprint density at radius 3 is 2.52 bits per heavy atom. The van der Waals surface area contributed by atoms with Gasteiger partial charge in [0.15, 0.2) is 17.2 Å². The summed E-state index contributed by atoms with van der Waals surface area (Å²) in [6, 6.07) is 10.3. The van der Waals surface area contributed by atoms with Crippen LogP contribution in [0.4, 0.5) is 0 Å². The quantitative estimate of drug-likeness (QED) is 0.746. The van der Waals surface area contributed by atoms with Crippen molar-refractivity contribution < 1.29 is 14.9 Å². The first-order chi connectivity index (χ1) is 9.98. The third-order valence-electron chi connectivity index (χ3n) is 3.71. The molecule has 2 aromatic carbocycles. The summed E-state index contributed by atoms with van der Waals surface area (Å²) in [5.74, 6) is 0.419. The summed E-state index contributed by atoms with van der Waals surface area (Å²) in [5, 5.41) is 23.4. The molecular formula is C16H16ClNO3. The Morgan fingerprint density at radius 1 is 1.14 bits per heavy atom. The van der Waals surface area contributed by atoms with Gasteiger partial charge in [0.2, 0.25) is 0 Å². The second-order valence-corrected chi connectivity index (χ2v) is 5.70. The topological polar surface area (TPSA) is 61.7 Å². The molecule has 0 bridgehead atoms. The van der Waals surface area contributed by atoms with Crippen LogP contribution in [-0.2, 0) is 12.1 Å². The fourth-order valence-corrected chi connectivity index (χ4v) is 2.76. The lowest BCUT2D eigenvalue weighted by atomic mass is 9.91. The average Bonchev–Trinajstić information content (AvgIpc) is 2.44. The van der Waals surface area contributed by atoms with Gasteiger partial charge >= 0.3 is 0 Å².